The molecule has 11 heteroatoms. The van der Waals surface area contributed by atoms with Crippen LogP contribution in [0.4, 0.5) is 0 Å². The van der Waals surface area contributed by atoms with Crippen LogP contribution in [0.25, 0.3) is 0 Å². The Balaban J connectivity index is 4.56. The summed E-state index contributed by atoms with van der Waals surface area (Å²) in [4.78, 5) is 47.0. The summed E-state index contributed by atoms with van der Waals surface area (Å²) in [6.07, 6.45) is 2.84. The summed E-state index contributed by atoms with van der Waals surface area (Å²) < 4.78 is 0. The van der Waals surface area contributed by atoms with Crippen molar-refractivity contribution in [2.24, 2.45) is 11.7 Å². The van der Waals surface area contributed by atoms with E-state index in [1.807, 2.05) is 6.26 Å². The first-order valence-corrected chi connectivity index (χ1v) is 10.0. The molecule has 10 nitrogen and oxygen atoms in total. The summed E-state index contributed by atoms with van der Waals surface area (Å²) in [5, 5.41) is 25.4. The number of aliphatic hydroxyl groups excluding tert-OH is 1. The van der Waals surface area contributed by atoms with Crippen LogP contribution in [0, 0.1) is 5.92 Å². The smallest absolute Gasteiger partial charge is 0.326 e. The van der Waals surface area contributed by atoms with E-state index in [1.165, 1.54) is 11.8 Å². The molecule has 0 heterocycles. The molecule has 0 aromatic heterocycles. The molecule has 156 valence electrons. The number of carbonyl (C=O) groups excluding carboxylic acids is 3. The average Bonchev–Trinajstić information content (AvgIpc) is 2.65. The number of amides is 3. The molecule has 0 bridgehead atoms. The fourth-order valence-electron chi connectivity index (χ4n) is 2.05. The van der Waals surface area contributed by atoms with Gasteiger partial charge >= 0.3 is 5.97 Å². The molecule has 0 aliphatic carbocycles. The van der Waals surface area contributed by atoms with Crippen LogP contribution < -0.4 is 21.7 Å². The molecule has 0 rings (SSSR count). The molecular formula is C16H30N4O6S. The van der Waals surface area contributed by atoms with Gasteiger partial charge in [0.05, 0.1) is 19.2 Å². The van der Waals surface area contributed by atoms with Crippen LogP contribution in [0.3, 0.4) is 0 Å². The van der Waals surface area contributed by atoms with E-state index < -0.39 is 55.0 Å². The minimum atomic E-state index is -1.25. The highest BCUT2D eigenvalue weighted by atomic mass is 32.2. The van der Waals surface area contributed by atoms with Crippen LogP contribution >= 0.6 is 11.8 Å². The number of hydrogen-bond acceptors (Lipinski definition) is 7. The van der Waals surface area contributed by atoms with Gasteiger partial charge in [-0.25, -0.2) is 4.79 Å². The van der Waals surface area contributed by atoms with Crippen molar-refractivity contribution in [2.45, 2.75) is 44.8 Å². The largest absolute Gasteiger partial charge is 0.480 e. The number of aliphatic hydroxyl groups is 1. The molecule has 4 atom stereocenters. The zero-order valence-corrected chi connectivity index (χ0v) is 16.7. The number of carboxylic acid groups (broad SMARTS) is 1. The maximum absolute atomic E-state index is 12.0. The number of nitrogens with one attached hydrogen (secondary N) is 3. The first-order chi connectivity index (χ1) is 12.7. The predicted molar refractivity (Wildman–Crippen MR) is 102 cm³/mol. The van der Waals surface area contributed by atoms with Gasteiger partial charge in [0.15, 0.2) is 0 Å². The van der Waals surface area contributed by atoms with Gasteiger partial charge in [-0.1, -0.05) is 20.3 Å². The van der Waals surface area contributed by atoms with Crippen LogP contribution in [0.2, 0.25) is 0 Å². The van der Waals surface area contributed by atoms with Gasteiger partial charge in [-0.05, 0) is 24.3 Å². The van der Waals surface area contributed by atoms with Crippen LogP contribution in [0.1, 0.15) is 26.7 Å². The molecule has 4 unspecified atom stereocenters. The number of carboxylic acids is 1. The van der Waals surface area contributed by atoms with E-state index >= 15 is 0 Å². The Morgan fingerprint density at radius 3 is 2.26 bits per heavy atom. The van der Waals surface area contributed by atoms with E-state index in [0.717, 1.165) is 0 Å². The minimum Gasteiger partial charge on any atom is -0.480 e. The standard InChI is InChI=1S/C16H30N4O6S/c1-4-9(2)13(16(25)26)20-12(22)7-18-15(24)11(8-21)19-14(23)10(17)5-6-27-3/h9-11,13,21H,4-8,17H2,1-3H3,(H,18,24)(H,19,23)(H,20,22)(H,25,26). The van der Waals surface area contributed by atoms with Gasteiger partial charge in [0, 0.05) is 0 Å². The van der Waals surface area contributed by atoms with Crippen molar-refractivity contribution in [3.8, 4) is 0 Å². The normalized spacial score (nSPS) is 15.1. The van der Waals surface area contributed by atoms with Gasteiger partial charge in [0.2, 0.25) is 17.7 Å². The van der Waals surface area contributed by atoms with E-state index in [4.69, 9.17) is 10.8 Å². The molecule has 3 amide bonds. The van der Waals surface area contributed by atoms with E-state index in [9.17, 15) is 24.3 Å². The molecule has 0 aliphatic rings. The zero-order chi connectivity index (χ0) is 21.0. The Bertz CT molecular complexity index is 519. The van der Waals surface area contributed by atoms with Gasteiger partial charge in [-0.2, -0.15) is 11.8 Å². The predicted octanol–water partition coefficient (Wildman–Crippen LogP) is -1.72. The van der Waals surface area contributed by atoms with Gasteiger partial charge < -0.3 is 31.9 Å². The number of hydrogen-bond donors (Lipinski definition) is 6. The van der Waals surface area contributed by atoms with Crippen molar-refractivity contribution >= 4 is 35.5 Å². The maximum atomic E-state index is 12.0. The molecule has 0 radical (unpaired) electrons. The first-order valence-electron chi connectivity index (χ1n) is 8.63. The number of rotatable bonds is 13. The third-order valence-electron chi connectivity index (χ3n) is 4.00. The Hall–Kier alpha value is -1.85. The second kappa shape index (κ2) is 13.3. The third kappa shape index (κ3) is 9.59. The summed E-state index contributed by atoms with van der Waals surface area (Å²) in [5.41, 5.74) is 5.69. The van der Waals surface area contributed by atoms with Crippen LogP contribution in [0.5, 0.6) is 0 Å². The van der Waals surface area contributed by atoms with Crippen molar-refractivity contribution in [2.75, 3.05) is 25.2 Å². The third-order valence-corrected chi connectivity index (χ3v) is 4.65. The quantitative estimate of drug-likeness (QED) is 0.210. The van der Waals surface area contributed by atoms with Crippen molar-refractivity contribution in [3.05, 3.63) is 0 Å². The van der Waals surface area contributed by atoms with Crippen LogP contribution in [-0.2, 0) is 19.2 Å². The van der Waals surface area contributed by atoms with Gasteiger partial charge in [0.1, 0.15) is 12.1 Å². The summed E-state index contributed by atoms with van der Waals surface area (Å²) in [6.45, 7) is 2.34. The lowest BCUT2D eigenvalue weighted by atomic mass is 9.99. The average molecular weight is 407 g/mol. The number of carbonyl (C=O) groups is 4. The highest BCUT2D eigenvalue weighted by Crippen LogP contribution is 2.07. The Morgan fingerprint density at radius 2 is 1.78 bits per heavy atom. The number of thioether (sulfide) groups is 1. The van der Waals surface area contributed by atoms with Crippen LogP contribution in [0.15, 0.2) is 0 Å². The molecular weight excluding hydrogens is 376 g/mol. The molecule has 0 aromatic carbocycles. The van der Waals surface area contributed by atoms with E-state index in [2.05, 4.69) is 16.0 Å². The fourth-order valence-corrected chi connectivity index (χ4v) is 2.54. The number of nitrogens with two attached hydrogens (primary N) is 1. The first kappa shape index (κ1) is 25.1. The number of aliphatic carboxylic acids is 1. The minimum absolute atomic E-state index is 0.283. The molecule has 7 N–H and O–H groups in total. The lowest BCUT2D eigenvalue weighted by Gasteiger charge is -2.21. The Labute approximate surface area is 163 Å². The monoisotopic (exact) mass is 406 g/mol. The Kier molecular flexibility index (Phi) is 12.4. The molecule has 0 saturated carbocycles. The molecule has 0 saturated heterocycles. The summed E-state index contributed by atoms with van der Waals surface area (Å²) in [7, 11) is 0. The second-order valence-electron chi connectivity index (χ2n) is 6.12. The van der Waals surface area contributed by atoms with Crippen molar-refractivity contribution in [1.29, 1.82) is 0 Å². The molecule has 0 spiro atoms. The highest BCUT2D eigenvalue weighted by molar-refractivity contribution is 7.98. The molecule has 27 heavy (non-hydrogen) atoms. The Morgan fingerprint density at radius 1 is 1.15 bits per heavy atom. The lowest BCUT2D eigenvalue weighted by Crippen LogP contribution is -2.55. The van der Waals surface area contributed by atoms with Gasteiger partial charge in [-0.3, -0.25) is 14.4 Å². The van der Waals surface area contributed by atoms with Crippen molar-refractivity contribution in [1.82, 2.24) is 16.0 Å². The van der Waals surface area contributed by atoms with E-state index in [0.29, 0.717) is 18.6 Å². The summed E-state index contributed by atoms with van der Waals surface area (Å²) >= 11 is 1.52. The van der Waals surface area contributed by atoms with Crippen LogP contribution in [-0.4, -0.2) is 77.2 Å². The lowest BCUT2D eigenvalue weighted by molar-refractivity contribution is -0.143. The SMILES string of the molecule is CCC(C)C(NC(=O)CNC(=O)C(CO)NC(=O)C(N)CCSC)C(=O)O. The molecule has 0 aromatic rings. The second-order valence-corrected chi connectivity index (χ2v) is 7.10. The van der Waals surface area contributed by atoms with Gasteiger partial charge in [-0.15, -0.1) is 0 Å². The maximum Gasteiger partial charge on any atom is 0.326 e. The summed E-state index contributed by atoms with van der Waals surface area (Å²) in [5.74, 6) is -2.81. The molecule has 0 aliphatic heterocycles. The molecule has 0 fully saturated rings. The topological polar surface area (TPSA) is 171 Å². The van der Waals surface area contributed by atoms with Crippen molar-refractivity contribution in [3.63, 3.8) is 0 Å². The zero-order valence-electron chi connectivity index (χ0n) is 15.9. The van der Waals surface area contributed by atoms with E-state index in [-0.39, 0.29) is 5.92 Å². The van der Waals surface area contributed by atoms with Gasteiger partial charge in [0.25, 0.3) is 0 Å². The summed E-state index contributed by atoms with van der Waals surface area (Å²) in [6, 6.07) is -3.13. The van der Waals surface area contributed by atoms with Crippen molar-refractivity contribution < 1.29 is 29.4 Å². The van der Waals surface area contributed by atoms with E-state index in [1.54, 1.807) is 13.8 Å². The fraction of sp³-hybridized carbons (Fsp3) is 0.750. The highest BCUT2D eigenvalue weighted by Gasteiger charge is 2.26.